The number of anilines is 1. The van der Waals surface area contributed by atoms with Crippen molar-refractivity contribution in [2.45, 2.75) is 55.2 Å². The van der Waals surface area contributed by atoms with E-state index in [2.05, 4.69) is 24.4 Å². The van der Waals surface area contributed by atoms with Gasteiger partial charge in [0.25, 0.3) is 0 Å². The van der Waals surface area contributed by atoms with Crippen LogP contribution in [0.2, 0.25) is 0 Å². The molecule has 0 aliphatic carbocycles. The third-order valence-corrected chi connectivity index (χ3v) is 6.65. The number of carbonyl (C=O) groups excluding carboxylic acids is 1. The second kappa shape index (κ2) is 14.2. The highest BCUT2D eigenvalue weighted by molar-refractivity contribution is 7.99. The molecule has 0 unspecified atom stereocenters. The van der Waals surface area contributed by atoms with E-state index in [1.54, 1.807) is 11.8 Å². The Kier molecular flexibility index (Phi) is 10.7. The molecular weight excluding hydrogens is 456 g/mol. The van der Waals surface area contributed by atoms with Gasteiger partial charge in [-0.1, -0.05) is 80.4 Å². The normalized spacial score (nSPS) is 10.7. The lowest BCUT2D eigenvalue weighted by atomic mass is 10.1. The SMILES string of the molecule is CCCCCCNC(=O)N(CCc1ccccc1)c1ccc(Sc2cccc(CC(=O)O)c2)cc1. The molecule has 3 aromatic rings. The van der Waals surface area contributed by atoms with Crippen LogP contribution in [0.15, 0.2) is 88.7 Å². The second-order valence-corrected chi connectivity index (χ2v) is 9.64. The number of rotatable bonds is 13. The van der Waals surface area contributed by atoms with Crippen LogP contribution in [0, 0.1) is 0 Å². The molecule has 0 heterocycles. The van der Waals surface area contributed by atoms with Crippen LogP contribution in [-0.4, -0.2) is 30.2 Å². The molecule has 0 radical (unpaired) electrons. The van der Waals surface area contributed by atoms with Crippen molar-refractivity contribution in [3.8, 4) is 0 Å². The number of benzene rings is 3. The number of unbranched alkanes of at least 4 members (excludes halogenated alkanes) is 3. The van der Waals surface area contributed by atoms with Gasteiger partial charge in [0.1, 0.15) is 0 Å². The predicted molar refractivity (Wildman–Crippen MR) is 143 cm³/mol. The molecule has 5 nitrogen and oxygen atoms in total. The van der Waals surface area contributed by atoms with Crippen LogP contribution in [0.25, 0.3) is 0 Å². The van der Waals surface area contributed by atoms with E-state index in [0.29, 0.717) is 13.1 Å². The number of carboxylic acids is 1. The number of nitrogens with one attached hydrogen (secondary N) is 1. The molecule has 0 aliphatic rings. The van der Waals surface area contributed by atoms with Crippen LogP contribution < -0.4 is 10.2 Å². The van der Waals surface area contributed by atoms with Crippen molar-refractivity contribution < 1.29 is 14.7 Å². The number of nitrogens with zero attached hydrogens (tertiary/aromatic N) is 1. The molecule has 0 fully saturated rings. The Morgan fingerprint density at radius 2 is 1.60 bits per heavy atom. The predicted octanol–water partition coefficient (Wildman–Crippen LogP) is 6.80. The van der Waals surface area contributed by atoms with Crippen LogP contribution in [-0.2, 0) is 17.6 Å². The Bertz CT molecular complexity index is 1070. The second-order valence-electron chi connectivity index (χ2n) is 8.49. The minimum absolute atomic E-state index is 0.0112. The van der Waals surface area contributed by atoms with Gasteiger partial charge in [0.05, 0.1) is 6.42 Å². The molecule has 0 atom stereocenters. The third-order valence-electron chi connectivity index (χ3n) is 5.66. The van der Waals surface area contributed by atoms with E-state index >= 15 is 0 Å². The number of urea groups is 1. The quantitative estimate of drug-likeness (QED) is 0.258. The summed E-state index contributed by atoms with van der Waals surface area (Å²) in [7, 11) is 0. The van der Waals surface area contributed by atoms with Gasteiger partial charge in [-0.25, -0.2) is 4.79 Å². The molecule has 0 aliphatic heterocycles. The van der Waals surface area contributed by atoms with E-state index < -0.39 is 5.97 Å². The Hall–Kier alpha value is -3.25. The van der Waals surface area contributed by atoms with E-state index in [1.807, 2.05) is 71.6 Å². The molecule has 3 rings (SSSR count). The van der Waals surface area contributed by atoms with Gasteiger partial charge in [-0.3, -0.25) is 9.69 Å². The van der Waals surface area contributed by atoms with Gasteiger partial charge in [-0.2, -0.15) is 0 Å². The number of carboxylic acid groups (broad SMARTS) is 1. The van der Waals surface area contributed by atoms with Crippen LogP contribution in [0.5, 0.6) is 0 Å². The van der Waals surface area contributed by atoms with Crippen molar-refractivity contribution in [3.63, 3.8) is 0 Å². The lowest BCUT2D eigenvalue weighted by Gasteiger charge is -2.24. The number of hydrogen-bond donors (Lipinski definition) is 2. The number of hydrogen-bond acceptors (Lipinski definition) is 3. The number of carbonyl (C=O) groups is 2. The standard InChI is InChI=1S/C29H34N2O3S/c1-2-3-4-8-19-30-29(34)31(20-18-23-10-6-5-7-11-23)25-14-16-26(17-15-25)35-27-13-9-12-24(21-27)22-28(32)33/h5-7,9-17,21H,2-4,8,18-20,22H2,1H3,(H,30,34)(H,32,33). The first-order valence-electron chi connectivity index (χ1n) is 12.2. The summed E-state index contributed by atoms with van der Waals surface area (Å²) in [6.07, 6.45) is 5.26. The van der Waals surface area contributed by atoms with E-state index in [4.69, 9.17) is 5.11 Å². The first-order chi connectivity index (χ1) is 17.0. The maximum atomic E-state index is 13.1. The minimum Gasteiger partial charge on any atom is -0.481 e. The zero-order valence-corrected chi connectivity index (χ0v) is 21.1. The highest BCUT2D eigenvalue weighted by atomic mass is 32.2. The van der Waals surface area contributed by atoms with Gasteiger partial charge in [-0.15, -0.1) is 0 Å². The summed E-state index contributed by atoms with van der Waals surface area (Å²) >= 11 is 1.58. The monoisotopic (exact) mass is 490 g/mol. The van der Waals surface area contributed by atoms with E-state index in [1.165, 1.54) is 18.4 Å². The van der Waals surface area contributed by atoms with Crippen LogP contribution in [0.1, 0.15) is 43.7 Å². The summed E-state index contributed by atoms with van der Waals surface area (Å²) in [5, 5.41) is 12.1. The average Bonchev–Trinajstić information content (AvgIpc) is 2.85. The van der Waals surface area contributed by atoms with E-state index in [0.717, 1.165) is 40.3 Å². The first-order valence-corrected chi connectivity index (χ1v) is 13.0. The van der Waals surface area contributed by atoms with Gasteiger partial charge >= 0.3 is 12.0 Å². The van der Waals surface area contributed by atoms with Crippen LogP contribution in [0.3, 0.4) is 0 Å². The lowest BCUT2D eigenvalue weighted by Crippen LogP contribution is -2.41. The first kappa shape index (κ1) is 26.4. The summed E-state index contributed by atoms with van der Waals surface area (Å²) in [5.41, 5.74) is 2.83. The van der Waals surface area contributed by atoms with Gasteiger partial charge < -0.3 is 10.4 Å². The summed E-state index contributed by atoms with van der Waals surface area (Å²) in [5.74, 6) is -0.837. The molecule has 2 amide bonds. The Labute approximate surface area is 212 Å². The zero-order valence-electron chi connectivity index (χ0n) is 20.3. The highest BCUT2D eigenvalue weighted by Gasteiger charge is 2.15. The van der Waals surface area contributed by atoms with Crippen molar-refractivity contribution in [1.29, 1.82) is 0 Å². The molecule has 3 aromatic carbocycles. The molecule has 0 spiro atoms. The summed E-state index contributed by atoms with van der Waals surface area (Å²) in [6, 6.07) is 25.7. The molecule has 0 bridgehead atoms. The molecule has 184 valence electrons. The fourth-order valence-electron chi connectivity index (χ4n) is 3.80. The van der Waals surface area contributed by atoms with Crippen molar-refractivity contribution in [1.82, 2.24) is 5.32 Å². The highest BCUT2D eigenvalue weighted by Crippen LogP contribution is 2.30. The molecule has 2 N–H and O–H groups in total. The average molecular weight is 491 g/mol. The number of aliphatic carboxylic acids is 1. The molecule has 0 saturated heterocycles. The molecular formula is C29H34N2O3S. The van der Waals surface area contributed by atoms with Gasteiger partial charge in [-0.05, 0) is 60.4 Å². The number of amides is 2. The van der Waals surface area contributed by atoms with Gasteiger partial charge in [0.15, 0.2) is 0 Å². The Morgan fingerprint density at radius 1 is 0.857 bits per heavy atom. The van der Waals surface area contributed by atoms with E-state index in [-0.39, 0.29) is 12.5 Å². The topological polar surface area (TPSA) is 69.6 Å². The fourth-order valence-corrected chi connectivity index (χ4v) is 4.70. The van der Waals surface area contributed by atoms with Crippen LogP contribution in [0.4, 0.5) is 10.5 Å². The van der Waals surface area contributed by atoms with Gasteiger partial charge in [0.2, 0.25) is 0 Å². The van der Waals surface area contributed by atoms with Crippen LogP contribution >= 0.6 is 11.8 Å². The molecule has 6 heteroatoms. The van der Waals surface area contributed by atoms with Crippen molar-refractivity contribution in [3.05, 3.63) is 90.0 Å². The molecule has 35 heavy (non-hydrogen) atoms. The lowest BCUT2D eigenvalue weighted by molar-refractivity contribution is -0.136. The summed E-state index contributed by atoms with van der Waals surface area (Å²) < 4.78 is 0. The fraction of sp³-hybridized carbons (Fsp3) is 0.310. The third kappa shape index (κ3) is 9.13. The zero-order chi connectivity index (χ0) is 24.9. The van der Waals surface area contributed by atoms with Crippen molar-refractivity contribution in [2.24, 2.45) is 0 Å². The minimum atomic E-state index is -0.837. The molecule has 0 aromatic heterocycles. The molecule has 0 saturated carbocycles. The Morgan fingerprint density at radius 3 is 2.31 bits per heavy atom. The smallest absolute Gasteiger partial charge is 0.321 e. The maximum Gasteiger partial charge on any atom is 0.321 e. The Balaban J connectivity index is 1.68. The van der Waals surface area contributed by atoms with Crippen molar-refractivity contribution >= 4 is 29.4 Å². The largest absolute Gasteiger partial charge is 0.481 e. The van der Waals surface area contributed by atoms with Crippen molar-refractivity contribution in [2.75, 3.05) is 18.0 Å². The van der Waals surface area contributed by atoms with Gasteiger partial charge in [0, 0.05) is 28.6 Å². The maximum absolute atomic E-state index is 13.1. The summed E-state index contributed by atoms with van der Waals surface area (Å²) in [6.45, 7) is 3.45. The summed E-state index contributed by atoms with van der Waals surface area (Å²) in [4.78, 5) is 27.9. The van der Waals surface area contributed by atoms with E-state index in [9.17, 15) is 9.59 Å².